The van der Waals surface area contributed by atoms with Gasteiger partial charge in [-0.25, -0.2) is 9.50 Å². The third-order valence-corrected chi connectivity index (χ3v) is 3.99. The molecule has 0 fully saturated rings. The second-order valence-corrected chi connectivity index (χ2v) is 6.13. The summed E-state index contributed by atoms with van der Waals surface area (Å²) in [5, 5.41) is 8.69. The molecule has 0 atom stereocenters. The Kier molecular flexibility index (Phi) is 5.04. The van der Waals surface area contributed by atoms with Crippen molar-refractivity contribution in [2.45, 2.75) is 20.0 Å². The SMILES string of the molecule is Cc1ccc(C(=O)NCC(F)(F)F)cc1NC(=O)c1c(C)nn2cccnc12. The largest absolute Gasteiger partial charge is 0.405 e. The molecule has 2 heterocycles. The molecule has 2 amide bonds. The Hall–Kier alpha value is -3.43. The molecule has 146 valence electrons. The van der Waals surface area contributed by atoms with Crippen LogP contribution in [-0.4, -0.2) is 39.1 Å². The van der Waals surface area contributed by atoms with E-state index in [2.05, 4.69) is 15.4 Å². The fourth-order valence-corrected chi connectivity index (χ4v) is 2.63. The molecule has 0 radical (unpaired) electrons. The van der Waals surface area contributed by atoms with E-state index in [-0.39, 0.29) is 11.1 Å². The maximum Gasteiger partial charge on any atom is 0.405 e. The Balaban J connectivity index is 1.84. The number of anilines is 1. The molecular formula is C18H16F3N5O2. The molecule has 0 unspecified atom stereocenters. The van der Waals surface area contributed by atoms with Crippen molar-refractivity contribution in [2.24, 2.45) is 0 Å². The highest BCUT2D eigenvalue weighted by Gasteiger charge is 2.28. The summed E-state index contributed by atoms with van der Waals surface area (Å²) in [5.41, 5.74) is 2.05. The minimum absolute atomic E-state index is 0.000129. The van der Waals surface area contributed by atoms with E-state index in [9.17, 15) is 22.8 Å². The van der Waals surface area contributed by atoms with Crippen LogP contribution in [0.4, 0.5) is 18.9 Å². The first-order valence-electron chi connectivity index (χ1n) is 8.22. The van der Waals surface area contributed by atoms with Crippen LogP contribution < -0.4 is 10.6 Å². The van der Waals surface area contributed by atoms with Gasteiger partial charge in [0.05, 0.1) is 5.69 Å². The smallest absolute Gasteiger partial charge is 0.343 e. The summed E-state index contributed by atoms with van der Waals surface area (Å²) in [6.45, 7) is 1.93. The summed E-state index contributed by atoms with van der Waals surface area (Å²) < 4.78 is 38.3. The molecule has 0 saturated heterocycles. The first-order valence-corrected chi connectivity index (χ1v) is 8.22. The van der Waals surface area contributed by atoms with E-state index >= 15 is 0 Å². The Morgan fingerprint density at radius 1 is 1.18 bits per heavy atom. The highest BCUT2D eigenvalue weighted by Crippen LogP contribution is 2.21. The lowest BCUT2D eigenvalue weighted by molar-refractivity contribution is -0.123. The van der Waals surface area contributed by atoms with Crippen molar-refractivity contribution in [3.8, 4) is 0 Å². The Morgan fingerprint density at radius 3 is 2.64 bits per heavy atom. The van der Waals surface area contributed by atoms with Gasteiger partial charge in [0.25, 0.3) is 11.8 Å². The van der Waals surface area contributed by atoms with Crippen LogP contribution in [0, 0.1) is 13.8 Å². The molecule has 2 aromatic heterocycles. The first kappa shape index (κ1) is 19.3. The van der Waals surface area contributed by atoms with Gasteiger partial charge in [0, 0.05) is 23.6 Å². The predicted molar refractivity (Wildman–Crippen MR) is 95.2 cm³/mol. The van der Waals surface area contributed by atoms with Crippen LogP contribution in [0.5, 0.6) is 0 Å². The van der Waals surface area contributed by atoms with Gasteiger partial charge in [-0.3, -0.25) is 9.59 Å². The van der Waals surface area contributed by atoms with Gasteiger partial charge in [0.2, 0.25) is 0 Å². The van der Waals surface area contributed by atoms with Gasteiger partial charge < -0.3 is 10.6 Å². The zero-order valence-corrected chi connectivity index (χ0v) is 15.0. The topological polar surface area (TPSA) is 88.4 Å². The van der Waals surface area contributed by atoms with Gasteiger partial charge >= 0.3 is 6.18 Å². The van der Waals surface area contributed by atoms with Crippen molar-refractivity contribution in [1.29, 1.82) is 0 Å². The highest BCUT2D eigenvalue weighted by molar-refractivity contribution is 6.10. The summed E-state index contributed by atoms with van der Waals surface area (Å²) in [4.78, 5) is 28.8. The van der Waals surface area contributed by atoms with E-state index < -0.39 is 24.5 Å². The average molecular weight is 391 g/mol. The van der Waals surface area contributed by atoms with Crippen molar-refractivity contribution >= 4 is 23.1 Å². The molecule has 28 heavy (non-hydrogen) atoms. The van der Waals surface area contributed by atoms with Crippen molar-refractivity contribution in [3.63, 3.8) is 0 Å². The standard InChI is InChI=1S/C18H16F3N5O2/c1-10-4-5-12(16(27)23-9-18(19,20)21)8-13(10)24-17(28)14-11(2)25-26-7-3-6-22-15(14)26/h3-8H,9H2,1-2H3,(H,23,27)(H,24,28). The second kappa shape index (κ2) is 7.29. The predicted octanol–water partition coefficient (Wildman–Crippen LogP) is 2.89. The number of alkyl halides is 3. The molecule has 7 nitrogen and oxygen atoms in total. The van der Waals surface area contributed by atoms with Crippen LogP contribution in [0.2, 0.25) is 0 Å². The number of hydrogen-bond donors (Lipinski definition) is 2. The molecule has 0 aliphatic rings. The molecular weight excluding hydrogens is 375 g/mol. The number of benzene rings is 1. The third-order valence-electron chi connectivity index (χ3n) is 3.99. The van der Waals surface area contributed by atoms with Crippen molar-refractivity contribution in [1.82, 2.24) is 19.9 Å². The van der Waals surface area contributed by atoms with Crippen LogP contribution in [-0.2, 0) is 0 Å². The number of aryl methyl sites for hydroxylation is 2. The molecule has 0 bridgehead atoms. The molecule has 0 aliphatic carbocycles. The molecule has 3 rings (SSSR count). The number of amides is 2. The van der Waals surface area contributed by atoms with Crippen LogP contribution in [0.15, 0.2) is 36.7 Å². The number of aromatic nitrogens is 3. The average Bonchev–Trinajstić information content (AvgIpc) is 2.96. The number of halogens is 3. The van der Waals surface area contributed by atoms with Gasteiger partial charge in [0.1, 0.15) is 12.1 Å². The summed E-state index contributed by atoms with van der Waals surface area (Å²) in [5.74, 6) is -1.37. The number of nitrogens with zero attached hydrogens (tertiary/aromatic N) is 3. The fraction of sp³-hybridized carbons (Fsp3) is 0.222. The molecule has 10 heteroatoms. The summed E-state index contributed by atoms with van der Waals surface area (Å²) in [6, 6.07) is 5.93. The second-order valence-electron chi connectivity index (χ2n) is 6.13. The van der Waals surface area contributed by atoms with Gasteiger partial charge in [0.15, 0.2) is 5.65 Å². The van der Waals surface area contributed by atoms with E-state index in [1.807, 2.05) is 0 Å². The summed E-state index contributed by atoms with van der Waals surface area (Å²) in [7, 11) is 0. The van der Waals surface area contributed by atoms with Crippen molar-refractivity contribution in [2.75, 3.05) is 11.9 Å². The van der Waals surface area contributed by atoms with Crippen LogP contribution in [0.25, 0.3) is 5.65 Å². The molecule has 3 aromatic rings. The zero-order valence-electron chi connectivity index (χ0n) is 15.0. The quantitative estimate of drug-likeness (QED) is 0.716. The molecule has 2 N–H and O–H groups in total. The normalized spacial score (nSPS) is 11.5. The Labute approximate surface area is 157 Å². The minimum atomic E-state index is -4.51. The van der Waals surface area contributed by atoms with E-state index in [4.69, 9.17) is 0 Å². The van der Waals surface area contributed by atoms with E-state index in [0.29, 0.717) is 22.6 Å². The Morgan fingerprint density at radius 2 is 1.93 bits per heavy atom. The maximum atomic E-state index is 12.7. The lowest BCUT2D eigenvalue weighted by Gasteiger charge is -2.12. The van der Waals surface area contributed by atoms with Crippen molar-refractivity contribution in [3.05, 3.63) is 59.0 Å². The van der Waals surface area contributed by atoms with Crippen molar-refractivity contribution < 1.29 is 22.8 Å². The first-order chi connectivity index (χ1) is 13.2. The molecule has 1 aromatic carbocycles. The van der Waals surface area contributed by atoms with Gasteiger partial charge in [-0.15, -0.1) is 0 Å². The van der Waals surface area contributed by atoms with Gasteiger partial charge in [-0.2, -0.15) is 18.3 Å². The molecule has 0 aliphatic heterocycles. The number of carbonyl (C=O) groups is 2. The number of hydrogen-bond acceptors (Lipinski definition) is 4. The number of carbonyl (C=O) groups excluding carboxylic acids is 2. The van der Waals surface area contributed by atoms with E-state index in [1.54, 1.807) is 37.5 Å². The fourth-order valence-electron chi connectivity index (χ4n) is 2.63. The summed E-state index contributed by atoms with van der Waals surface area (Å²) >= 11 is 0. The number of rotatable bonds is 4. The van der Waals surface area contributed by atoms with Crippen LogP contribution in [0.3, 0.4) is 0 Å². The van der Waals surface area contributed by atoms with E-state index in [0.717, 1.165) is 0 Å². The highest BCUT2D eigenvalue weighted by atomic mass is 19.4. The monoisotopic (exact) mass is 391 g/mol. The van der Waals surface area contributed by atoms with Crippen LogP contribution >= 0.6 is 0 Å². The zero-order chi connectivity index (χ0) is 20.5. The van der Waals surface area contributed by atoms with Gasteiger partial charge in [-0.05, 0) is 37.6 Å². The molecule has 0 spiro atoms. The maximum absolute atomic E-state index is 12.7. The van der Waals surface area contributed by atoms with E-state index in [1.165, 1.54) is 22.8 Å². The number of fused-ring (bicyclic) bond motifs is 1. The van der Waals surface area contributed by atoms with Crippen LogP contribution in [0.1, 0.15) is 32.0 Å². The summed E-state index contributed by atoms with van der Waals surface area (Å²) in [6.07, 6.45) is -1.32. The minimum Gasteiger partial charge on any atom is -0.343 e. The lowest BCUT2D eigenvalue weighted by Crippen LogP contribution is -2.33. The molecule has 0 saturated carbocycles. The van der Waals surface area contributed by atoms with Gasteiger partial charge in [-0.1, -0.05) is 6.07 Å². The lowest BCUT2D eigenvalue weighted by atomic mass is 10.1. The third kappa shape index (κ3) is 4.11. The number of nitrogens with one attached hydrogen (secondary N) is 2. The Bertz CT molecular complexity index is 1060.